The molecule has 0 aromatic heterocycles. The number of sulfonamides is 1. The van der Waals surface area contributed by atoms with Gasteiger partial charge in [-0.15, -0.1) is 4.40 Å². The predicted octanol–water partition coefficient (Wildman–Crippen LogP) is 3.70. The summed E-state index contributed by atoms with van der Waals surface area (Å²) < 4.78 is 29.5. The van der Waals surface area contributed by atoms with E-state index >= 15 is 0 Å². The lowest BCUT2D eigenvalue weighted by atomic mass is 9.94. The van der Waals surface area contributed by atoms with Crippen LogP contribution in [0.1, 0.15) is 32.1 Å². The van der Waals surface area contributed by atoms with Gasteiger partial charge in [-0.2, -0.15) is 8.42 Å². The molecule has 1 aliphatic carbocycles. The lowest BCUT2D eigenvalue weighted by Crippen LogP contribution is -2.40. The van der Waals surface area contributed by atoms with Crippen molar-refractivity contribution in [1.29, 1.82) is 0 Å². The predicted molar refractivity (Wildman–Crippen MR) is 109 cm³/mol. The van der Waals surface area contributed by atoms with Gasteiger partial charge in [0.15, 0.2) is 5.17 Å². The molecule has 0 spiro atoms. The molecule has 9 heteroatoms. The molecule has 0 atom stereocenters. The zero-order chi connectivity index (χ0) is 19.6. The Kier molecular flexibility index (Phi) is 6.18. The molecule has 0 radical (unpaired) electrons. The maximum absolute atomic E-state index is 12.9. The number of benzene rings is 1. The third kappa shape index (κ3) is 4.67. The summed E-state index contributed by atoms with van der Waals surface area (Å²) in [6, 6.07) is 5.86. The molecule has 146 valence electrons. The Bertz CT molecular complexity index is 874. The van der Waals surface area contributed by atoms with Crippen LogP contribution >= 0.6 is 23.4 Å². The second kappa shape index (κ2) is 8.24. The standard InChI is InChI=1S/C18H22ClN3O3S2/c1-21(2)12-16-17(23)22(14-6-4-3-5-7-14)18(26-16)20-27(24,25)15-10-8-13(19)9-11-15/h8-12,14H,3-7H2,1-2H3/b16-12+,20-18+. The van der Waals surface area contributed by atoms with Crippen LogP contribution in [0.5, 0.6) is 0 Å². The third-order valence-electron chi connectivity index (χ3n) is 4.46. The van der Waals surface area contributed by atoms with E-state index in [9.17, 15) is 13.2 Å². The van der Waals surface area contributed by atoms with Crippen molar-refractivity contribution in [3.63, 3.8) is 0 Å². The average molecular weight is 428 g/mol. The molecule has 0 bridgehead atoms. The molecule has 6 nitrogen and oxygen atoms in total. The zero-order valence-corrected chi connectivity index (χ0v) is 17.6. The Balaban J connectivity index is 1.99. The highest BCUT2D eigenvalue weighted by molar-refractivity contribution is 8.19. The number of thioether (sulfide) groups is 1. The van der Waals surface area contributed by atoms with Crippen LogP contribution in [0.2, 0.25) is 5.02 Å². The summed E-state index contributed by atoms with van der Waals surface area (Å²) in [5.74, 6) is -0.175. The van der Waals surface area contributed by atoms with Gasteiger partial charge in [0.05, 0.1) is 9.80 Å². The molecule has 0 unspecified atom stereocenters. The fourth-order valence-electron chi connectivity index (χ4n) is 3.20. The average Bonchev–Trinajstić information content (AvgIpc) is 2.90. The van der Waals surface area contributed by atoms with Gasteiger partial charge in [-0.3, -0.25) is 9.69 Å². The summed E-state index contributed by atoms with van der Waals surface area (Å²) in [4.78, 5) is 16.8. The van der Waals surface area contributed by atoms with Crippen LogP contribution in [0.25, 0.3) is 0 Å². The molecule has 2 aliphatic rings. The molecule has 1 amide bonds. The van der Waals surface area contributed by atoms with Crippen LogP contribution in [0.4, 0.5) is 0 Å². The Labute approximate surface area is 169 Å². The number of halogens is 1. The summed E-state index contributed by atoms with van der Waals surface area (Å²) in [6.07, 6.45) is 6.64. The van der Waals surface area contributed by atoms with Crippen molar-refractivity contribution < 1.29 is 13.2 Å². The Hall–Kier alpha value is -1.51. The molecule has 1 aromatic carbocycles. The van der Waals surface area contributed by atoms with Crippen molar-refractivity contribution in [2.24, 2.45) is 4.40 Å². The number of nitrogens with zero attached hydrogens (tertiary/aromatic N) is 3. The number of hydrogen-bond donors (Lipinski definition) is 0. The highest BCUT2D eigenvalue weighted by Crippen LogP contribution is 2.37. The molecular formula is C18H22ClN3O3S2. The fraction of sp³-hybridized carbons (Fsp3) is 0.444. The first-order chi connectivity index (χ1) is 12.8. The molecule has 1 saturated carbocycles. The lowest BCUT2D eigenvalue weighted by Gasteiger charge is -2.30. The van der Waals surface area contributed by atoms with Crippen LogP contribution in [-0.2, 0) is 14.8 Å². The number of amidine groups is 1. The minimum atomic E-state index is -3.93. The second-order valence-electron chi connectivity index (χ2n) is 6.83. The number of rotatable bonds is 4. The lowest BCUT2D eigenvalue weighted by molar-refractivity contribution is -0.124. The van der Waals surface area contributed by atoms with E-state index in [1.807, 2.05) is 14.1 Å². The number of amides is 1. The van der Waals surface area contributed by atoms with Gasteiger partial charge >= 0.3 is 0 Å². The number of hydrogen-bond acceptors (Lipinski definition) is 5. The van der Waals surface area contributed by atoms with Gasteiger partial charge in [-0.25, -0.2) is 0 Å². The van der Waals surface area contributed by atoms with Crippen molar-refractivity contribution in [2.45, 2.75) is 43.0 Å². The number of carbonyl (C=O) groups is 1. The van der Waals surface area contributed by atoms with E-state index < -0.39 is 10.0 Å². The highest BCUT2D eigenvalue weighted by atomic mass is 35.5. The van der Waals surface area contributed by atoms with Gasteiger partial charge in [-0.1, -0.05) is 30.9 Å². The third-order valence-corrected chi connectivity index (χ3v) is 7.08. The van der Waals surface area contributed by atoms with Gasteiger partial charge in [0.2, 0.25) is 0 Å². The first kappa shape index (κ1) is 20.2. The fourth-order valence-corrected chi connectivity index (χ4v) is 5.62. The quantitative estimate of drug-likeness (QED) is 0.685. The Morgan fingerprint density at radius 2 is 1.81 bits per heavy atom. The molecule has 1 heterocycles. The molecular weight excluding hydrogens is 406 g/mol. The van der Waals surface area contributed by atoms with E-state index in [0.29, 0.717) is 9.93 Å². The van der Waals surface area contributed by atoms with Gasteiger partial charge < -0.3 is 4.90 Å². The molecule has 0 N–H and O–H groups in total. The summed E-state index contributed by atoms with van der Waals surface area (Å²) in [5, 5.41) is 0.682. The van der Waals surface area contributed by atoms with E-state index in [1.165, 1.54) is 24.3 Å². The van der Waals surface area contributed by atoms with E-state index in [4.69, 9.17) is 11.6 Å². The van der Waals surface area contributed by atoms with E-state index in [1.54, 1.807) is 16.0 Å². The van der Waals surface area contributed by atoms with Crippen molar-refractivity contribution in [3.8, 4) is 0 Å². The van der Waals surface area contributed by atoms with Crippen LogP contribution in [-0.4, -0.2) is 49.4 Å². The molecule has 1 aliphatic heterocycles. The largest absolute Gasteiger partial charge is 0.382 e. The van der Waals surface area contributed by atoms with E-state index in [0.717, 1.165) is 43.9 Å². The Morgan fingerprint density at radius 3 is 2.41 bits per heavy atom. The molecule has 27 heavy (non-hydrogen) atoms. The first-order valence-electron chi connectivity index (χ1n) is 8.78. The second-order valence-corrected chi connectivity index (χ2v) is 9.88. The van der Waals surface area contributed by atoms with Crippen molar-refractivity contribution in [1.82, 2.24) is 9.80 Å². The minimum absolute atomic E-state index is 0.00835. The van der Waals surface area contributed by atoms with Gasteiger partial charge in [-0.05, 0) is 48.9 Å². The normalized spacial score (nSPS) is 22.0. The smallest absolute Gasteiger partial charge is 0.284 e. The monoisotopic (exact) mass is 427 g/mol. The Morgan fingerprint density at radius 1 is 1.19 bits per heavy atom. The summed E-state index contributed by atoms with van der Waals surface area (Å²) in [7, 11) is -0.284. The van der Waals surface area contributed by atoms with E-state index in [-0.39, 0.29) is 22.0 Å². The summed E-state index contributed by atoms with van der Waals surface area (Å²) >= 11 is 6.96. The summed E-state index contributed by atoms with van der Waals surface area (Å²) in [6.45, 7) is 0. The molecule has 2 fully saturated rings. The summed E-state index contributed by atoms with van der Waals surface area (Å²) in [5.41, 5.74) is 0. The maximum atomic E-state index is 12.9. The SMILES string of the molecule is CN(C)/C=C1/S/C(=N/S(=O)(=O)c2ccc(Cl)cc2)N(C2CCCCC2)C1=O. The van der Waals surface area contributed by atoms with Crippen LogP contribution < -0.4 is 0 Å². The highest BCUT2D eigenvalue weighted by Gasteiger charge is 2.40. The van der Waals surface area contributed by atoms with Crippen molar-refractivity contribution >= 4 is 44.5 Å². The maximum Gasteiger partial charge on any atom is 0.284 e. The van der Waals surface area contributed by atoms with Gasteiger partial charge in [0.25, 0.3) is 15.9 Å². The molecule has 1 saturated heterocycles. The molecule has 1 aromatic rings. The van der Waals surface area contributed by atoms with Crippen molar-refractivity contribution in [2.75, 3.05) is 14.1 Å². The van der Waals surface area contributed by atoms with Crippen LogP contribution in [0.3, 0.4) is 0 Å². The van der Waals surface area contributed by atoms with Crippen LogP contribution in [0.15, 0.2) is 44.7 Å². The van der Waals surface area contributed by atoms with Gasteiger partial charge in [0, 0.05) is 31.4 Å². The van der Waals surface area contributed by atoms with Crippen LogP contribution in [0, 0.1) is 0 Å². The van der Waals surface area contributed by atoms with E-state index in [2.05, 4.69) is 4.40 Å². The van der Waals surface area contributed by atoms with Crippen molar-refractivity contribution in [3.05, 3.63) is 40.4 Å². The minimum Gasteiger partial charge on any atom is -0.382 e. The zero-order valence-electron chi connectivity index (χ0n) is 15.3. The van der Waals surface area contributed by atoms with Gasteiger partial charge in [0.1, 0.15) is 0 Å². The molecule has 3 rings (SSSR count). The number of carbonyl (C=O) groups excluding carboxylic acids is 1. The topological polar surface area (TPSA) is 70.1 Å². The first-order valence-corrected chi connectivity index (χ1v) is 11.4.